The zero-order valence-electron chi connectivity index (χ0n) is 13.2. The van der Waals surface area contributed by atoms with Gasteiger partial charge in [0.1, 0.15) is 6.04 Å². The highest BCUT2D eigenvalue weighted by Crippen LogP contribution is 2.34. The maximum atomic E-state index is 11.7. The average Bonchev–Trinajstić information content (AvgIpc) is 2.37. The van der Waals surface area contributed by atoms with E-state index in [1.54, 1.807) is 0 Å². The molecule has 0 aromatic rings. The molecule has 1 unspecified atom stereocenters. The van der Waals surface area contributed by atoms with E-state index in [2.05, 4.69) is 31.0 Å². The fourth-order valence-electron chi connectivity index (χ4n) is 2.85. The minimum absolute atomic E-state index is 0.153. The van der Waals surface area contributed by atoms with Gasteiger partial charge in [-0.25, -0.2) is 0 Å². The fraction of sp³-hybridized carbons (Fsp3) is 0.933. The largest absolute Gasteiger partial charge is 0.468 e. The van der Waals surface area contributed by atoms with Gasteiger partial charge in [0, 0.05) is 6.54 Å². The monoisotopic (exact) mass is 270 g/mol. The number of nitrogens with zero attached hydrogens (tertiary/aromatic N) is 1. The summed E-state index contributed by atoms with van der Waals surface area (Å²) in [6.45, 7) is 12.7. The van der Waals surface area contributed by atoms with Crippen molar-refractivity contribution in [3.05, 3.63) is 0 Å². The lowest BCUT2D eigenvalue weighted by Crippen LogP contribution is -2.49. The second-order valence-corrected chi connectivity index (χ2v) is 6.57. The third kappa shape index (κ3) is 5.11. The van der Waals surface area contributed by atoms with E-state index < -0.39 is 0 Å². The molecule has 0 radical (unpaired) electrons. The van der Waals surface area contributed by atoms with Crippen LogP contribution in [0.1, 0.15) is 40.5 Å². The van der Waals surface area contributed by atoms with Crippen LogP contribution in [-0.4, -0.2) is 50.2 Å². The molecule has 0 aromatic carbocycles. The summed E-state index contributed by atoms with van der Waals surface area (Å²) in [4.78, 5) is 14.1. The third-order valence-corrected chi connectivity index (χ3v) is 4.19. The Labute approximate surface area is 117 Å². The molecule has 0 spiro atoms. The Balaban J connectivity index is 2.44. The van der Waals surface area contributed by atoms with E-state index in [-0.39, 0.29) is 12.0 Å². The summed E-state index contributed by atoms with van der Waals surface area (Å²) < 4.78 is 4.85. The van der Waals surface area contributed by atoms with Crippen LogP contribution in [0.15, 0.2) is 0 Å². The van der Waals surface area contributed by atoms with Gasteiger partial charge in [0.05, 0.1) is 7.11 Å². The number of carbonyl (C=O) groups is 1. The summed E-state index contributed by atoms with van der Waals surface area (Å²) in [7, 11) is 1.46. The zero-order chi connectivity index (χ0) is 14.5. The molecular formula is C15H30N2O2. The van der Waals surface area contributed by atoms with Crippen molar-refractivity contribution < 1.29 is 9.53 Å². The van der Waals surface area contributed by atoms with Gasteiger partial charge >= 0.3 is 5.97 Å². The Bertz CT molecular complexity index is 278. The second-order valence-electron chi connectivity index (χ2n) is 6.57. The molecule has 0 aromatic heterocycles. The van der Waals surface area contributed by atoms with Gasteiger partial charge in [-0.15, -0.1) is 0 Å². The minimum Gasteiger partial charge on any atom is -0.468 e. The van der Waals surface area contributed by atoms with Crippen LogP contribution in [0.4, 0.5) is 0 Å². The maximum Gasteiger partial charge on any atom is 0.324 e. The first-order chi connectivity index (χ1) is 8.88. The highest BCUT2D eigenvalue weighted by Gasteiger charge is 2.30. The molecule has 1 saturated heterocycles. The van der Waals surface area contributed by atoms with E-state index in [0.29, 0.717) is 5.41 Å². The highest BCUT2D eigenvalue weighted by molar-refractivity contribution is 5.75. The molecule has 4 heteroatoms. The number of ether oxygens (including phenoxy) is 1. The van der Waals surface area contributed by atoms with Gasteiger partial charge < -0.3 is 15.0 Å². The average molecular weight is 270 g/mol. The number of nitrogens with one attached hydrogen (secondary N) is 1. The normalized spacial score (nSPS) is 20.3. The van der Waals surface area contributed by atoms with Crippen LogP contribution in [0.3, 0.4) is 0 Å². The highest BCUT2D eigenvalue weighted by atomic mass is 16.5. The lowest BCUT2D eigenvalue weighted by molar-refractivity contribution is -0.143. The molecule has 1 heterocycles. The SMILES string of the molecule is CCNC(CN1CCC(C(C)(C)C)CC1)C(=O)OC. The molecule has 0 bridgehead atoms. The van der Waals surface area contributed by atoms with Crippen molar-refractivity contribution in [3.63, 3.8) is 0 Å². The van der Waals surface area contributed by atoms with Crippen molar-refractivity contribution in [2.75, 3.05) is 33.3 Å². The van der Waals surface area contributed by atoms with Crippen molar-refractivity contribution in [1.29, 1.82) is 0 Å². The van der Waals surface area contributed by atoms with Gasteiger partial charge in [0.2, 0.25) is 0 Å². The lowest BCUT2D eigenvalue weighted by Gasteiger charge is -2.39. The topological polar surface area (TPSA) is 41.6 Å². The molecule has 1 rings (SSSR count). The number of likely N-dealkylation sites (tertiary alicyclic amines) is 1. The Hall–Kier alpha value is -0.610. The maximum absolute atomic E-state index is 11.7. The van der Waals surface area contributed by atoms with Crippen LogP contribution in [-0.2, 0) is 9.53 Å². The smallest absolute Gasteiger partial charge is 0.324 e. The molecule has 0 aliphatic carbocycles. The Morgan fingerprint density at radius 1 is 1.37 bits per heavy atom. The molecule has 1 N–H and O–H groups in total. The second kappa shape index (κ2) is 7.25. The van der Waals surface area contributed by atoms with E-state index in [0.717, 1.165) is 32.1 Å². The quantitative estimate of drug-likeness (QED) is 0.775. The molecule has 1 fully saturated rings. The Morgan fingerprint density at radius 3 is 2.37 bits per heavy atom. The molecule has 1 aliphatic rings. The van der Waals surface area contributed by atoms with Crippen LogP contribution in [0, 0.1) is 11.3 Å². The summed E-state index contributed by atoms with van der Waals surface area (Å²) in [5, 5.41) is 3.21. The molecule has 0 amide bonds. The number of rotatable bonds is 5. The minimum atomic E-state index is -0.193. The number of likely N-dealkylation sites (N-methyl/N-ethyl adjacent to an activating group) is 1. The van der Waals surface area contributed by atoms with Crippen LogP contribution in [0.2, 0.25) is 0 Å². The van der Waals surface area contributed by atoms with E-state index in [1.165, 1.54) is 20.0 Å². The van der Waals surface area contributed by atoms with Gasteiger partial charge in [-0.3, -0.25) is 4.79 Å². The lowest BCUT2D eigenvalue weighted by atomic mass is 9.75. The van der Waals surface area contributed by atoms with Gasteiger partial charge in [0.25, 0.3) is 0 Å². The molecular weight excluding hydrogens is 240 g/mol. The van der Waals surface area contributed by atoms with Crippen LogP contribution in [0.25, 0.3) is 0 Å². The first kappa shape index (κ1) is 16.4. The molecule has 19 heavy (non-hydrogen) atoms. The summed E-state index contributed by atoms with van der Waals surface area (Å²) in [6.07, 6.45) is 2.45. The first-order valence-electron chi connectivity index (χ1n) is 7.42. The van der Waals surface area contributed by atoms with E-state index in [1.807, 2.05) is 6.92 Å². The number of esters is 1. The van der Waals surface area contributed by atoms with Crippen molar-refractivity contribution in [2.45, 2.75) is 46.6 Å². The van der Waals surface area contributed by atoms with Crippen LogP contribution >= 0.6 is 0 Å². The van der Waals surface area contributed by atoms with Crippen LogP contribution in [0.5, 0.6) is 0 Å². The van der Waals surface area contributed by atoms with E-state index in [9.17, 15) is 4.79 Å². The Morgan fingerprint density at radius 2 is 1.95 bits per heavy atom. The summed E-state index contributed by atoms with van der Waals surface area (Å²) in [5.41, 5.74) is 0.398. The van der Waals surface area contributed by atoms with Crippen molar-refractivity contribution in [1.82, 2.24) is 10.2 Å². The standard InChI is InChI=1S/C15H30N2O2/c1-6-16-13(14(18)19-5)11-17-9-7-12(8-10-17)15(2,3)4/h12-13,16H,6-11H2,1-5H3. The Kier molecular flexibility index (Phi) is 6.27. The molecule has 1 aliphatic heterocycles. The first-order valence-corrected chi connectivity index (χ1v) is 7.42. The van der Waals surface area contributed by atoms with Gasteiger partial charge in [-0.1, -0.05) is 27.7 Å². The summed E-state index contributed by atoms with van der Waals surface area (Å²) in [6, 6.07) is -0.193. The third-order valence-electron chi connectivity index (χ3n) is 4.19. The predicted octanol–water partition coefficient (Wildman–Crippen LogP) is 1.90. The number of carbonyl (C=O) groups excluding carboxylic acids is 1. The molecule has 4 nitrogen and oxygen atoms in total. The van der Waals surface area contributed by atoms with Gasteiger partial charge in [-0.05, 0) is 43.8 Å². The summed E-state index contributed by atoms with van der Waals surface area (Å²) >= 11 is 0. The molecule has 112 valence electrons. The molecule has 0 saturated carbocycles. The fourth-order valence-corrected chi connectivity index (χ4v) is 2.85. The number of piperidine rings is 1. The number of hydrogen-bond acceptors (Lipinski definition) is 4. The van der Waals surface area contributed by atoms with Gasteiger partial charge in [0.15, 0.2) is 0 Å². The van der Waals surface area contributed by atoms with E-state index in [4.69, 9.17) is 4.74 Å². The van der Waals surface area contributed by atoms with Gasteiger partial charge in [-0.2, -0.15) is 0 Å². The number of hydrogen-bond donors (Lipinski definition) is 1. The molecule has 1 atom stereocenters. The van der Waals surface area contributed by atoms with Crippen molar-refractivity contribution >= 4 is 5.97 Å². The predicted molar refractivity (Wildman–Crippen MR) is 78.1 cm³/mol. The zero-order valence-corrected chi connectivity index (χ0v) is 13.2. The van der Waals surface area contributed by atoms with E-state index >= 15 is 0 Å². The summed E-state index contributed by atoms with van der Waals surface area (Å²) in [5.74, 6) is 0.638. The van der Waals surface area contributed by atoms with Crippen molar-refractivity contribution in [3.8, 4) is 0 Å². The van der Waals surface area contributed by atoms with Crippen molar-refractivity contribution in [2.24, 2.45) is 11.3 Å². The van der Waals surface area contributed by atoms with Crippen LogP contribution < -0.4 is 5.32 Å². The number of methoxy groups -OCH3 is 1.